The maximum Gasteiger partial charge on any atom is 0.0627 e. The lowest BCUT2D eigenvalue weighted by Gasteiger charge is -2.03. The van der Waals surface area contributed by atoms with Crippen molar-refractivity contribution in [3.63, 3.8) is 0 Å². The average molecular weight is 157 g/mol. The Morgan fingerprint density at radius 2 is 1.92 bits per heavy atom. The minimum absolute atomic E-state index is 0.627. The van der Waals surface area contributed by atoms with Gasteiger partial charge in [0.2, 0.25) is 0 Å². The van der Waals surface area contributed by atoms with Crippen LogP contribution in [0.2, 0.25) is 0 Å². The molecular formula is C10H9N2. The predicted octanol–water partition coefficient (Wildman–Crippen LogP) is 1.80. The van der Waals surface area contributed by atoms with Crippen LogP contribution in [-0.2, 0) is 0 Å². The van der Waals surface area contributed by atoms with Gasteiger partial charge in [0, 0.05) is 5.39 Å². The topological polar surface area (TPSA) is 52.0 Å². The highest BCUT2D eigenvalue weighted by atomic mass is 14.7. The first-order valence-corrected chi connectivity index (χ1v) is 3.73. The quantitative estimate of drug-likeness (QED) is 0.573. The van der Waals surface area contributed by atoms with E-state index in [1.54, 1.807) is 6.07 Å². The maximum atomic E-state index is 5.77. The van der Waals surface area contributed by atoms with E-state index in [1.165, 1.54) is 0 Å². The van der Waals surface area contributed by atoms with Crippen LogP contribution in [0, 0.1) is 6.07 Å². The van der Waals surface area contributed by atoms with Crippen LogP contribution < -0.4 is 11.5 Å². The van der Waals surface area contributed by atoms with Crippen LogP contribution in [0.15, 0.2) is 30.3 Å². The molecule has 0 spiro atoms. The first kappa shape index (κ1) is 6.98. The van der Waals surface area contributed by atoms with E-state index >= 15 is 0 Å². The van der Waals surface area contributed by atoms with E-state index < -0.39 is 0 Å². The fraction of sp³-hybridized carbons (Fsp3) is 0. The molecule has 4 N–H and O–H groups in total. The smallest absolute Gasteiger partial charge is 0.0627 e. The van der Waals surface area contributed by atoms with Gasteiger partial charge in [-0.25, -0.2) is 0 Å². The third-order valence-corrected chi connectivity index (χ3v) is 1.92. The summed E-state index contributed by atoms with van der Waals surface area (Å²) >= 11 is 0. The molecule has 0 unspecified atom stereocenters. The fourth-order valence-electron chi connectivity index (χ4n) is 1.24. The zero-order valence-electron chi connectivity index (χ0n) is 6.54. The van der Waals surface area contributed by atoms with Crippen LogP contribution in [-0.4, -0.2) is 0 Å². The minimum atomic E-state index is 0.627. The molecule has 2 aromatic rings. The van der Waals surface area contributed by atoms with E-state index in [0.717, 1.165) is 10.8 Å². The molecule has 0 aliphatic rings. The molecule has 2 rings (SSSR count). The number of rotatable bonds is 0. The van der Waals surface area contributed by atoms with E-state index in [-0.39, 0.29) is 0 Å². The Morgan fingerprint density at radius 1 is 1.08 bits per heavy atom. The highest BCUT2D eigenvalue weighted by molar-refractivity contribution is 5.97. The van der Waals surface area contributed by atoms with Gasteiger partial charge in [-0.2, -0.15) is 0 Å². The van der Waals surface area contributed by atoms with Crippen molar-refractivity contribution in [2.75, 3.05) is 11.5 Å². The van der Waals surface area contributed by atoms with Crippen molar-refractivity contribution in [1.29, 1.82) is 0 Å². The summed E-state index contributed by atoms with van der Waals surface area (Å²) in [6, 6.07) is 12.5. The molecule has 0 atom stereocenters. The van der Waals surface area contributed by atoms with Crippen molar-refractivity contribution in [2.24, 2.45) is 0 Å². The minimum Gasteiger partial charge on any atom is -0.397 e. The molecule has 0 fully saturated rings. The highest BCUT2D eigenvalue weighted by Crippen LogP contribution is 2.25. The second kappa shape index (κ2) is 2.41. The van der Waals surface area contributed by atoms with Gasteiger partial charge in [0.25, 0.3) is 0 Å². The van der Waals surface area contributed by atoms with Gasteiger partial charge in [0.05, 0.1) is 11.4 Å². The van der Waals surface area contributed by atoms with E-state index in [4.69, 9.17) is 11.5 Å². The highest BCUT2D eigenvalue weighted by Gasteiger charge is 1.99. The Morgan fingerprint density at radius 3 is 2.75 bits per heavy atom. The third kappa shape index (κ3) is 0.889. The largest absolute Gasteiger partial charge is 0.397 e. The number of nitrogen functional groups attached to an aromatic ring is 2. The van der Waals surface area contributed by atoms with Gasteiger partial charge in [-0.3, -0.25) is 0 Å². The molecule has 59 valence electrons. The molecular weight excluding hydrogens is 148 g/mol. The second-order valence-electron chi connectivity index (χ2n) is 2.70. The van der Waals surface area contributed by atoms with Gasteiger partial charge in [-0.15, -0.1) is 0 Å². The van der Waals surface area contributed by atoms with E-state index in [0.29, 0.717) is 11.4 Å². The SMILES string of the molecule is Nc1ccc2[c]cccc2c1N. The summed E-state index contributed by atoms with van der Waals surface area (Å²) in [5.74, 6) is 0. The van der Waals surface area contributed by atoms with Crippen molar-refractivity contribution in [1.82, 2.24) is 0 Å². The Hall–Kier alpha value is -1.70. The average Bonchev–Trinajstić information content (AvgIpc) is 2.12. The predicted molar refractivity (Wildman–Crippen MR) is 51.6 cm³/mol. The van der Waals surface area contributed by atoms with Gasteiger partial charge in [-0.05, 0) is 17.5 Å². The summed E-state index contributed by atoms with van der Waals surface area (Å²) in [5.41, 5.74) is 12.7. The second-order valence-corrected chi connectivity index (χ2v) is 2.70. The lowest BCUT2D eigenvalue weighted by Crippen LogP contribution is -1.94. The van der Waals surface area contributed by atoms with Gasteiger partial charge in [0.15, 0.2) is 0 Å². The summed E-state index contributed by atoms with van der Waals surface area (Å²) < 4.78 is 0. The molecule has 0 saturated heterocycles. The van der Waals surface area contributed by atoms with E-state index in [1.807, 2.05) is 24.3 Å². The van der Waals surface area contributed by atoms with Gasteiger partial charge < -0.3 is 11.5 Å². The first-order chi connectivity index (χ1) is 5.79. The van der Waals surface area contributed by atoms with Crippen LogP contribution in [0.3, 0.4) is 0 Å². The number of fused-ring (bicyclic) bond motifs is 1. The van der Waals surface area contributed by atoms with Crippen LogP contribution in [0.5, 0.6) is 0 Å². The zero-order valence-corrected chi connectivity index (χ0v) is 6.54. The Bertz CT molecular complexity index is 421. The third-order valence-electron chi connectivity index (χ3n) is 1.92. The normalized spacial score (nSPS) is 10.3. The fourth-order valence-corrected chi connectivity index (χ4v) is 1.24. The van der Waals surface area contributed by atoms with E-state index in [9.17, 15) is 0 Å². The first-order valence-electron chi connectivity index (χ1n) is 3.73. The Labute approximate surface area is 70.8 Å². The number of hydrogen-bond acceptors (Lipinski definition) is 2. The molecule has 0 aromatic heterocycles. The molecule has 2 aromatic carbocycles. The summed E-state index contributed by atoms with van der Waals surface area (Å²) in [6.07, 6.45) is 0. The lowest BCUT2D eigenvalue weighted by molar-refractivity contribution is 1.70. The van der Waals surface area contributed by atoms with Crippen LogP contribution in [0.25, 0.3) is 10.8 Å². The molecule has 0 aliphatic heterocycles. The van der Waals surface area contributed by atoms with Crippen LogP contribution >= 0.6 is 0 Å². The van der Waals surface area contributed by atoms with Crippen molar-refractivity contribution in [2.45, 2.75) is 0 Å². The molecule has 0 aliphatic carbocycles. The van der Waals surface area contributed by atoms with Crippen molar-refractivity contribution >= 4 is 22.1 Å². The molecule has 0 heterocycles. The molecule has 2 nitrogen and oxygen atoms in total. The summed E-state index contributed by atoms with van der Waals surface area (Å²) in [7, 11) is 0. The summed E-state index contributed by atoms with van der Waals surface area (Å²) in [4.78, 5) is 0. The number of hydrogen-bond donors (Lipinski definition) is 2. The van der Waals surface area contributed by atoms with Crippen molar-refractivity contribution in [3.05, 3.63) is 36.4 Å². The number of anilines is 2. The summed E-state index contributed by atoms with van der Waals surface area (Å²) in [5, 5.41) is 1.97. The van der Waals surface area contributed by atoms with Gasteiger partial charge in [-0.1, -0.05) is 24.3 Å². The summed E-state index contributed by atoms with van der Waals surface area (Å²) in [6.45, 7) is 0. The molecule has 1 radical (unpaired) electrons. The monoisotopic (exact) mass is 157 g/mol. The molecule has 12 heavy (non-hydrogen) atoms. The van der Waals surface area contributed by atoms with Crippen molar-refractivity contribution < 1.29 is 0 Å². The van der Waals surface area contributed by atoms with E-state index in [2.05, 4.69) is 6.07 Å². The van der Waals surface area contributed by atoms with Gasteiger partial charge in [0.1, 0.15) is 0 Å². The zero-order chi connectivity index (χ0) is 8.55. The van der Waals surface area contributed by atoms with Crippen molar-refractivity contribution in [3.8, 4) is 0 Å². The molecule has 0 bridgehead atoms. The Balaban J connectivity index is 2.91. The maximum absolute atomic E-state index is 5.77. The molecule has 0 saturated carbocycles. The molecule has 0 amide bonds. The Kier molecular flexibility index (Phi) is 1.40. The standard InChI is InChI=1S/C10H9N2/c11-9-6-5-7-3-1-2-4-8(7)10(9)12/h1-2,4-6H,11-12H2. The lowest BCUT2D eigenvalue weighted by atomic mass is 10.1. The molecule has 2 heteroatoms. The van der Waals surface area contributed by atoms with Crippen LogP contribution in [0.1, 0.15) is 0 Å². The number of benzene rings is 2. The van der Waals surface area contributed by atoms with Gasteiger partial charge >= 0.3 is 0 Å². The van der Waals surface area contributed by atoms with Crippen LogP contribution in [0.4, 0.5) is 11.4 Å². The number of nitrogens with two attached hydrogens (primary N) is 2.